The first-order chi connectivity index (χ1) is 15.0. The number of thioether (sulfide) groups is 1. The van der Waals surface area contributed by atoms with Crippen LogP contribution in [0.25, 0.3) is 17.1 Å². The van der Waals surface area contributed by atoms with E-state index in [0.29, 0.717) is 21.7 Å². The Labute approximate surface area is 188 Å². The van der Waals surface area contributed by atoms with Crippen molar-refractivity contribution in [3.05, 3.63) is 89.2 Å². The topological polar surface area (TPSA) is 59.8 Å². The molecule has 1 amide bonds. The Kier molecular flexibility index (Phi) is 6.34. The van der Waals surface area contributed by atoms with Gasteiger partial charge < -0.3 is 5.32 Å². The van der Waals surface area contributed by atoms with Crippen LogP contribution in [-0.2, 0) is 4.79 Å². The minimum absolute atomic E-state index is 0.127. The molecule has 1 heterocycles. The lowest BCUT2D eigenvalue weighted by Crippen LogP contribution is -2.14. The van der Waals surface area contributed by atoms with E-state index >= 15 is 0 Å². The van der Waals surface area contributed by atoms with E-state index in [2.05, 4.69) is 15.5 Å². The molecule has 4 rings (SSSR count). The lowest BCUT2D eigenvalue weighted by molar-refractivity contribution is -0.113. The van der Waals surface area contributed by atoms with E-state index in [1.54, 1.807) is 12.1 Å². The fourth-order valence-electron chi connectivity index (χ4n) is 2.94. The third-order valence-electron chi connectivity index (χ3n) is 4.49. The molecule has 8 heteroatoms. The zero-order valence-electron chi connectivity index (χ0n) is 16.5. The maximum Gasteiger partial charge on any atom is 0.234 e. The Morgan fingerprint density at radius 1 is 1.00 bits per heavy atom. The number of hydrogen-bond acceptors (Lipinski definition) is 4. The molecule has 0 saturated carbocycles. The van der Waals surface area contributed by atoms with E-state index in [0.717, 1.165) is 16.8 Å². The number of nitrogens with zero attached hydrogens (tertiary/aromatic N) is 3. The summed E-state index contributed by atoms with van der Waals surface area (Å²) in [6.07, 6.45) is 0. The van der Waals surface area contributed by atoms with Crippen molar-refractivity contribution in [3.8, 4) is 17.1 Å². The number of nitrogens with one attached hydrogen (secondary N) is 1. The number of rotatable bonds is 6. The number of amides is 1. The van der Waals surface area contributed by atoms with Crippen LogP contribution < -0.4 is 5.32 Å². The Balaban J connectivity index is 1.59. The molecule has 156 valence electrons. The SMILES string of the molecule is Cc1ccc(-n2c(SCC(=O)Nc3ccc(F)cc3)nnc2-c2ccc(Cl)cc2)cc1. The highest BCUT2D eigenvalue weighted by Crippen LogP contribution is 2.29. The first-order valence-electron chi connectivity index (χ1n) is 9.46. The molecule has 5 nitrogen and oxygen atoms in total. The fourth-order valence-corrected chi connectivity index (χ4v) is 3.81. The van der Waals surface area contributed by atoms with Crippen LogP contribution in [0.5, 0.6) is 0 Å². The van der Waals surface area contributed by atoms with Gasteiger partial charge in [0.05, 0.1) is 5.75 Å². The van der Waals surface area contributed by atoms with Crippen molar-refractivity contribution in [1.29, 1.82) is 0 Å². The van der Waals surface area contributed by atoms with Gasteiger partial charge in [-0.05, 0) is 67.6 Å². The molecule has 0 aliphatic heterocycles. The number of halogens is 2. The van der Waals surface area contributed by atoms with Crippen molar-refractivity contribution in [3.63, 3.8) is 0 Å². The third-order valence-corrected chi connectivity index (χ3v) is 5.67. The molecule has 0 radical (unpaired) electrons. The molecular formula is C23H18ClFN4OS. The molecule has 0 fully saturated rings. The Morgan fingerprint density at radius 3 is 2.35 bits per heavy atom. The average Bonchev–Trinajstić information content (AvgIpc) is 3.19. The number of anilines is 1. The van der Waals surface area contributed by atoms with Crippen molar-refractivity contribution >= 4 is 35.0 Å². The van der Waals surface area contributed by atoms with Crippen LogP contribution in [0.2, 0.25) is 5.02 Å². The van der Waals surface area contributed by atoms with Crippen molar-refractivity contribution < 1.29 is 9.18 Å². The van der Waals surface area contributed by atoms with E-state index in [4.69, 9.17) is 11.6 Å². The van der Waals surface area contributed by atoms with Crippen LogP contribution in [-0.4, -0.2) is 26.4 Å². The fraction of sp³-hybridized carbons (Fsp3) is 0.0870. The largest absolute Gasteiger partial charge is 0.325 e. The van der Waals surface area contributed by atoms with Gasteiger partial charge in [-0.3, -0.25) is 9.36 Å². The van der Waals surface area contributed by atoms with Gasteiger partial charge in [-0.1, -0.05) is 41.1 Å². The highest BCUT2D eigenvalue weighted by atomic mass is 35.5. The molecule has 3 aromatic carbocycles. The number of aryl methyl sites for hydroxylation is 1. The number of hydrogen-bond donors (Lipinski definition) is 1. The second-order valence-electron chi connectivity index (χ2n) is 6.83. The number of aromatic nitrogens is 3. The van der Waals surface area contributed by atoms with Gasteiger partial charge in [0.2, 0.25) is 5.91 Å². The predicted octanol–water partition coefficient (Wildman–Crippen LogP) is 5.77. The first kappa shape index (κ1) is 21.1. The van der Waals surface area contributed by atoms with Crippen LogP contribution in [0.1, 0.15) is 5.56 Å². The van der Waals surface area contributed by atoms with Gasteiger partial charge in [0, 0.05) is 22.0 Å². The third kappa shape index (κ3) is 5.13. The van der Waals surface area contributed by atoms with Crippen LogP contribution in [0.4, 0.5) is 10.1 Å². The maximum absolute atomic E-state index is 13.0. The summed E-state index contributed by atoms with van der Waals surface area (Å²) < 4.78 is 15.0. The highest BCUT2D eigenvalue weighted by Gasteiger charge is 2.17. The summed E-state index contributed by atoms with van der Waals surface area (Å²) in [7, 11) is 0. The van der Waals surface area contributed by atoms with Gasteiger partial charge >= 0.3 is 0 Å². The van der Waals surface area contributed by atoms with Crippen LogP contribution in [0.3, 0.4) is 0 Å². The number of carbonyl (C=O) groups is 1. The summed E-state index contributed by atoms with van der Waals surface area (Å²) in [6, 6.07) is 21.0. The summed E-state index contributed by atoms with van der Waals surface area (Å²) in [5.41, 5.74) is 3.42. The maximum atomic E-state index is 13.0. The molecular weight excluding hydrogens is 435 g/mol. The van der Waals surface area contributed by atoms with Gasteiger partial charge in [0.15, 0.2) is 11.0 Å². The Bertz CT molecular complexity index is 1190. The Morgan fingerprint density at radius 2 is 1.68 bits per heavy atom. The first-order valence-corrected chi connectivity index (χ1v) is 10.8. The number of benzene rings is 3. The van der Waals surface area contributed by atoms with E-state index < -0.39 is 0 Å². The zero-order chi connectivity index (χ0) is 21.8. The normalized spacial score (nSPS) is 10.8. The summed E-state index contributed by atoms with van der Waals surface area (Å²) >= 11 is 7.30. The molecule has 31 heavy (non-hydrogen) atoms. The van der Waals surface area contributed by atoms with Crippen LogP contribution >= 0.6 is 23.4 Å². The zero-order valence-corrected chi connectivity index (χ0v) is 18.1. The van der Waals surface area contributed by atoms with Crippen molar-refractivity contribution in [2.75, 3.05) is 11.1 Å². The van der Waals surface area contributed by atoms with Gasteiger partial charge in [0.25, 0.3) is 0 Å². The van der Waals surface area contributed by atoms with Crippen molar-refractivity contribution in [1.82, 2.24) is 14.8 Å². The van der Waals surface area contributed by atoms with Gasteiger partial charge in [-0.15, -0.1) is 10.2 Å². The van der Waals surface area contributed by atoms with Crippen LogP contribution in [0.15, 0.2) is 78.0 Å². The molecule has 0 aliphatic rings. The van der Waals surface area contributed by atoms with E-state index in [-0.39, 0.29) is 17.5 Å². The summed E-state index contributed by atoms with van der Waals surface area (Å²) in [5, 5.41) is 12.7. The molecule has 4 aromatic rings. The summed E-state index contributed by atoms with van der Waals surface area (Å²) in [5.74, 6) is 0.209. The second-order valence-corrected chi connectivity index (χ2v) is 8.21. The van der Waals surface area contributed by atoms with Gasteiger partial charge in [-0.2, -0.15) is 0 Å². The molecule has 0 bridgehead atoms. The van der Waals surface area contributed by atoms with E-state index in [1.165, 1.54) is 36.0 Å². The van der Waals surface area contributed by atoms with Gasteiger partial charge in [0.1, 0.15) is 5.82 Å². The minimum atomic E-state index is -0.353. The standard InChI is InChI=1S/C23H18ClFN4OS/c1-15-2-12-20(13-3-15)29-22(16-4-6-17(24)7-5-16)27-28-23(29)31-14-21(30)26-19-10-8-18(25)9-11-19/h2-13H,14H2,1H3,(H,26,30). The monoisotopic (exact) mass is 452 g/mol. The quantitative estimate of drug-likeness (QED) is 0.377. The molecule has 0 spiro atoms. The molecule has 0 atom stereocenters. The average molecular weight is 453 g/mol. The number of carbonyl (C=O) groups excluding carboxylic acids is 1. The lowest BCUT2D eigenvalue weighted by atomic mass is 10.2. The molecule has 1 aromatic heterocycles. The smallest absolute Gasteiger partial charge is 0.234 e. The second kappa shape index (κ2) is 9.32. The summed E-state index contributed by atoms with van der Waals surface area (Å²) in [6.45, 7) is 2.02. The lowest BCUT2D eigenvalue weighted by Gasteiger charge is -2.11. The minimum Gasteiger partial charge on any atom is -0.325 e. The van der Waals surface area contributed by atoms with E-state index in [9.17, 15) is 9.18 Å². The Hall–Kier alpha value is -3.16. The van der Waals surface area contributed by atoms with E-state index in [1.807, 2.05) is 47.9 Å². The molecule has 1 N–H and O–H groups in total. The van der Waals surface area contributed by atoms with Crippen LogP contribution in [0, 0.1) is 12.7 Å². The summed E-state index contributed by atoms with van der Waals surface area (Å²) in [4.78, 5) is 12.4. The van der Waals surface area contributed by atoms with Crippen molar-refractivity contribution in [2.24, 2.45) is 0 Å². The molecule has 0 unspecified atom stereocenters. The van der Waals surface area contributed by atoms with Gasteiger partial charge in [-0.25, -0.2) is 4.39 Å². The molecule has 0 saturated heterocycles. The van der Waals surface area contributed by atoms with Crippen molar-refractivity contribution in [2.45, 2.75) is 12.1 Å². The highest BCUT2D eigenvalue weighted by molar-refractivity contribution is 7.99. The predicted molar refractivity (Wildman–Crippen MR) is 122 cm³/mol. The molecule has 0 aliphatic carbocycles.